The van der Waals surface area contributed by atoms with Crippen LogP contribution in [-0.4, -0.2) is 25.9 Å². The van der Waals surface area contributed by atoms with E-state index < -0.39 is 21.0 Å². The summed E-state index contributed by atoms with van der Waals surface area (Å²) in [4.78, 5) is 46.2. The van der Waals surface area contributed by atoms with Gasteiger partial charge in [-0.25, -0.2) is 0 Å². The van der Waals surface area contributed by atoms with Gasteiger partial charge in [-0.05, 0) is 41.1 Å². The van der Waals surface area contributed by atoms with Gasteiger partial charge in [0, 0.05) is 24.3 Å². The van der Waals surface area contributed by atoms with Gasteiger partial charge in [-0.15, -0.1) is 0 Å². The first-order valence-electron chi connectivity index (χ1n) is 8.25. The van der Waals surface area contributed by atoms with Crippen LogP contribution in [0.4, 0.5) is 16.2 Å². The third kappa shape index (κ3) is 4.74. The Balaban J connectivity index is 1.67. The number of carbonyl (C=O) groups excluding carboxylic acids is 2. The highest BCUT2D eigenvalue weighted by Crippen LogP contribution is 2.32. The Morgan fingerprint density at radius 3 is 2.00 bits per heavy atom. The van der Waals surface area contributed by atoms with Gasteiger partial charge in [0.15, 0.2) is 0 Å². The molecule has 0 radical (unpaired) electrons. The molecule has 1 aliphatic heterocycles. The predicted octanol–water partition coefficient (Wildman–Crippen LogP) is 4.30. The molecule has 1 aliphatic rings. The average molecular weight is 411 g/mol. The molecule has 10 heteroatoms. The topological polar surface area (TPSA) is 124 Å². The second kappa shape index (κ2) is 8.48. The number of benzene rings is 2. The van der Waals surface area contributed by atoms with Crippen LogP contribution in [0.15, 0.2) is 65.6 Å². The van der Waals surface area contributed by atoms with Crippen molar-refractivity contribution in [3.8, 4) is 0 Å². The van der Waals surface area contributed by atoms with Crippen molar-refractivity contribution in [1.82, 2.24) is 4.90 Å². The summed E-state index contributed by atoms with van der Waals surface area (Å²) in [5.74, 6) is -0.452. The first-order chi connectivity index (χ1) is 13.8. The fraction of sp³-hybridized carbons (Fsp3) is 0.0526. The third-order valence-corrected chi connectivity index (χ3v) is 4.93. The summed E-state index contributed by atoms with van der Waals surface area (Å²) in [5.41, 5.74) is 1.21. The first kappa shape index (κ1) is 20.0. The second-order valence-corrected chi connectivity index (χ2v) is 6.91. The molecule has 9 nitrogen and oxygen atoms in total. The van der Waals surface area contributed by atoms with Crippen LogP contribution in [0.25, 0.3) is 6.08 Å². The number of thioether (sulfide) groups is 1. The van der Waals surface area contributed by atoms with Gasteiger partial charge in [0.05, 0.1) is 21.3 Å². The Labute approximate surface area is 168 Å². The Kier molecular flexibility index (Phi) is 5.84. The van der Waals surface area contributed by atoms with E-state index in [9.17, 15) is 29.8 Å². The molecule has 0 unspecified atom stereocenters. The van der Waals surface area contributed by atoms with Gasteiger partial charge in [-0.2, -0.15) is 0 Å². The number of hydrogen-bond acceptors (Lipinski definition) is 7. The molecular formula is C19H13N3O6S. The highest BCUT2D eigenvalue weighted by molar-refractivity contribution is 8.18. The lowest BCUT2D eigenvalue weighted by Crippen LogP contribution is -2.27. The van der Waals surface area contributed by atoms with Crippen LogP contribution >= 0.6 is 11.8 Å². The highest BCUT2D eigenvalue weighted by atomic mass is 32.2. The quantitative estimate of drug-likeness (QED) is 0.394. The van der Waals surface area contributed by atoms with Crippen LogP contribution in [0.2, 0.25) is 0 Å². The summed E-state index contributed by atoms with van der Waals surface area (Å²) in [6, 6.07) is 11.5. The maximum absolute atomic E-state index is 12.5. The number of amides is 2. The molecule has 0 atom stereocenters. The van der Waals surface area contributed by atoms with Gasteiger partial charge in [-0.1, -0.05) is 24.3 Å². The van der Waals surface area contributed by atoms with E-state index in [1.54, 1.807) is 24.3 Å². The number of carbonyl (C=O) groups is 2. The SMILES string of the molecule is O=C1S/C(=C\C=C\c2ccc([N+](=O)[O-])cc2)C(=O)N1Cc1ccc([N+](=O)[O-])cc1. The number of nitrogens with zero attached hydrogens (tertiary/aromatic N) is 3. The van der Waals surface area contributed by atoms with Gasteiger partial charge in [0.1, 0.15) is 0 Å². The molecule has 2 aromatic carbocycles. The number of non-ortho nitro benzene ring substituents is 2. The second-order valence-electron chi connectivity index (χ2n) is 5.92. The highest BCUT2D eigenvalue weighted by Gasteiger charge is 2.34. The van der Waals surface area contributed by atoms with E-state index in [1.807, 2.05) is 0 Å². The van der Waals surface area contributed by atoms with Crippen molar-refractivity contribution in [2.75, 3.05) is 0 Å². The molecule has 3 rings (SSSR count). The van der Waals surface area contributed by atoms with Gasteiger partial charge >= 0.3 is 0 Å². The molecule has 0 aromatic heterocycles. The van der Waals surface area contributed by atoms with Crippen molar-refractivity contribution in [3.05, 3.63) is 96.9 Å². The number of rotatable bonds is 6. The molecule has 29 heavy (non-hydrogen) atoms. The third-order valence-electron chi connectivity index (χ3n) is 4.00. The molecule has 1 saturated heterocycles. The minimum Gasteiger partial charge on any atom is -0.268 e. The Morgan fingerprint density at radius 1 is 0.897 bits per heavy atom. The molecule has 0 bridgehead atoms. The van der Waals surface area contributed by atoms with Gasteiger partial charge < -0.3 is 0 Å². The van der Waals surface area contributed by atoms with Gasteiger partial charge in [0.2, 0.25) is 0 Å². The molecule has 2 aromatic rings. The molecule has 0 saturated carbocycles. The van der Waals surface area contributed by atoms with E-state index in [1.165, 1.54) is 42.5 Å². The van der Waals surface area contributed by atoms with Crippen LogP contribution in [0.5, 0.6) is 0 Å². The summed E-state index contributed by atoms with van der Waals surface area (Å²) in [6.45, 7) is 0.0199. The lowest BCUT2D eigenvalue weighted by atomic mass is 10.2. The van der Waals surface area contributed by atoms with Crippen molar-refractivity contribution in [3.63, 3.8) is 0 Å². The zero-order valence-corrected chi connectivity index (χ0v) is 15.6. The van der Waals surface area contributed by atoms with Crippen LogP contribution < -0.4 is 0 Å². The van der Waals surface area contributed by atoms with E-state index in [-0.39, 0.29) is 22.8 Å². The van der Waals surface area contributed by atoms with Crippen molar-refractivity contribution >= 4 is 40.4 Å². The van der Waals surface area contributed by atoms with E-state index >= 15 is 0 Å². The molecule has 1 heterocycles. The normalized spacial score (nSPS) is 15.4. The summed E-state index contributed by atoms with van der Waals surface area (Å²) >= 11 is 0.800. The fourth-order valence-electron chi connectivity index (χ4n) is 2.51. The lowest BCUT2D eigenvalue weighted by Gasteiger charge is -2.12. The van der Waals surface area contributed by atoms with Gasteiger partial charge in [0.25, 0.3) is 22.5 Å². The Morgan fingerprint density at radius 2 is 1.45 bits per heavy atom. The maximum Gasteiger partial charge on any atom is 0.293 e. The van der Waals surface area contributed by atoms with Crippen LogP contribution in [-0.2, 0) is 11.3 Å². The van der Waals surface area contributed by atoms with Crippen molar-refractivity contribution in [2.45, 2.75) is 6.54 Å². The number of hydrogen-bond donors (Lipinski definition) is 0. The molecule has 0 spiro atoms. The molecular weight excluding hydrogens is 398 g/mol. The van der Waals surface area contributed by atoms with Crippen molar-refractivity contribution < 1.29 is 19.4 Å². The van der Waals surface area contributed by atoms with Crippen molar-refractivity contribution in [1.29, 1.82) is 0 Å². The monoisotopic (exact) mass is 411 g/mol. The number of allylic oxidation sites excluding steroid dienone is 2. The van der Waals surface area contributed by atoms with E-state index in [0.29, 0.717) is 11.1 Å². The number of nitro benzene ring substituents is 2. The van der Waals surface area contributed by atoms with Crippen molar-refractivity contribution in [2.24, 2.45) is 0 Å². The zero-order valence-electron chi connectivity index (χ0n) is 14.8. The summed E-state index contributed by atoms with van der Waals surface area (Å²) in [6.07, 6.45) is 4.75. The smallest absolute Gasteiger partial charge is 0.268 e. The summed E-state index contributed by atoms with van der Waals surface area (Å²) in [7, 11) is 0. The zero-order chi connectivity index (χ0) is 21.0. The molecule has 146 valence electrons. The van der Waals surface area contributed by atoms with Crippen LogP contribution in [0.1, 0.15) is 11.1 Å². The molecule has 0 aliphatic carbocycles. The van der Waals surface area contributed by atoms with Crippen LogP contribution in [0, 0.1) is 20.2 Å². The standard InChI is InChI=1S/C19H13N3O6S/c23-18-17(3-1-2-13-4-8-15(9-5-13)21(25)26)29-19(24)20(18)12-14-6-10-16(11-7-14)22(27)28/h1-11H,12H2/b2-1+,17-3-. The lowest BCUT2D eigenvalue weighted by molar-refractivity contribution is -0.385. The largest absolute Gasteiger partial charge is 0.293 e. The number of imide groups is 1. The maximum atomic E-state index is 12.5. The number of nitro groups is 2. The van der Waals surface area contributed by atoms with E-state index in [2.05, 4.69) is 0 Å². The minimum atomic E-state index is -0.524. The van der Waals surface area contributed by atoms with Gasteiger partial charge in [-0.3, -0.25) is 34.7 Å². The first-order valence-corrected chi connectivity index (χ1v) is 9.06. The predicted molar refractivity (Wildman–Crippen MR) is 107 cm³/mol. The van der Waals surface area contributed by atoms with Crippen LogP contribution in [0.3, 0.4) is 0 Å². The minimum absolute atomic E-state index is 0.0190. The van der Waals surface area contributed by atoms with E-state index in [4.69, 9.17) is 0 Å². The molecule has 2 amide bonds. The average Bonchev–Trinajstić information content (AvgIpc) is 2.96. The molecule has 1 fully saturated rings. The molecule has 0 N–H and O–H groups in total. The summed E-state index contributed by atoms with van der Waals surface area (Å²) in [5, 5.41) is 20.9. The Bertz CT molecular complexity index is 1040. The van der Waals surface area contributed by atoms with E-state index in [0.717, 1.165) is 16.7 Å². The summed E-state index contributed by atoms with van der Waals surface area (Å²) < 4.78 is 0. The Hall–Kier alpha value is -3.79. The fourth-order valence-corrected chi connectivity index (χ4v) is 3.30.